The van der Waals surface area contributed by atoms with Gasteiger partial charge in [-0.2, -0.15) is 0 Å². The predicted octanol–water partition coefficient (Wildman–Crippen LogP) is 6.41. The molecule has 0 bridgehead atoms. The lowest BCUT2D eigenvalue weighted by atomic mass is 9.94. The average Bonchev–Trinajstić information content (AvgIpc) is 3.27. The molecule has 2 unspecified atom stereocenters. The summed E-state index contributed by atoms with van der Waals surface area (Å²) < 4.78 is 0. The lowest BCUT2D eigenvalue weighted by Crippen LogP contribution is -2.47. The molecule has 2 atom stereocenters. The molecule has 0 aliphatic heterocycles. The fraction of sp³-hybridized carbons (Fsp3) is 0.379. The van der Waals surface area contributed by atoms with Gasteiger partial charge in [-0.15, -0.1) is 11.3 Å². The number of benzene rings is 2. The molecule has 0 aliphatic rings. The first kappa shape index (κ1) is 25.7. The topological polar surface area (TPSA) is 40.6 Å². The second-order valence-corrected chi connectivity index (χ2v) is 9.86. The highest BCUT2D eigenvalue weighted by molar-refractivity contribution is 7.10. The van der Waals surface area contributed by atoms with E-state index in [4.69, 9.17) is 0 Å². The first-order valence-electron chi connectivity index (χ1n) is 12.1. The molecule has 1 aromatic heterocycles. The van der Waals surface area contributed by atoms with E-state index in [9.17, 15) is 9.59 Å². The largest absolute Gasteiger partial charge is 0.332 e. The summed E-state index contributed by atoms with van der Waals surface area (Å²) in [5.41, 5.74) is 3.29. The highest BCUT2D eigenvalue weighted by atomic mass is 32.1. The van der Waals surface area contributed by atoms with Crippen LogP contribution in [0.3, 0.4) is 0 Å². The van der Waals surface area contributed by atoms with Crippen molar-refractivity contribution in [2.75, 3.05) is 6.54 Å². The number of hydrogen-bond donors (Lipinski definition) is 0. The average molecular weight is 477 g/mol. The third-order valence-corrected chi connectivity index (χ3v) is 7.50. The number of carbonyl (C=O) groups is 2. The van der Waals surface area contributed by atoms with Crippen LogP contribution in [-0.2, 0) is 22.7 Å². The van der Waals surface area contributed by atoms with Crippen molar-refractivity contribution in [3.63, 3.8) is 0 Å². The summed E-state index contributed by atoms with van der Waals surface area (Å²) in [5.74, 6) is -0.235. The number of nitrogens with zero attached hydrogens (tertiary/aromatic N) is 2. The molecule has 0 spiro atoms. The third kappa shape index (κ3) is 6.57. The van der Waals surface area contributed by atoms with E-state index in [0.717, 1.165) is 17.5 Å². The van der Waals surface area contributed by atoms with Crippen molar-refractivity contribution >= 4 is 23.2 Å². The molecule has 180 valence electrons. The molecule has 0 radical (unpaired) electrons. The predicted molar refractivity (Wildman–Crippen MR) is 141 cm³/mol. The number of thiophene rings is 1. The Morgan fingerprint density at radius 1 is 0.882 bits per heavy atom. The van der Waals surface area contributed by atoms with Crippen LogP contribution in [0.5, 0.6) is 0 Å². The van der Waals surface area contributed by atoms with E-state index in [1.165, 1.54) is 10.4 Å². The molecule has 3 aromatic rings. The van der Waals surface area contributed by atoms with Crippen LogP contribution in [0.15, 0.2) is 72.1 Å². The number of rotatable bonds is 11. The van der Waals surface area contributed by atoms with Gasteiger partial charge in [0.2, 0.25) is 11.8 Å². The van der Waals surface area contributed by atoms with E-state index >= 15 is 0 Å². The van der Waals surface area contributed by atoms with Gasteiger partial charge in [0.15, 0.2) is 0 Å². The highest BCUT2D eigenvalue weighted by Crippen LogP contribution is 2.25. The van der Waals surface area contributed by atoms with Crippen LogP contribution in [0, 0.1) is 6.92 Å². The molecule has 2 amide bonds. The van der Waals surface area contributed by atoms with Crippen LogP contribution in [0.25, 0.3) is 0 Å². The molecule has 4 nitrogen and oxygen atoms in total. The number of hydrogen-bond acceptors (Lipinski definition) is 3. The zero-order chi connectivity index (χ0) is 24.5. The molecular formula is C29H36N2O2S. The fourth-order valence-corrected chi connectivity index (χ4v) is 5.05. The van der Waals surface area contributed by atoms with Gasteiger partial charge in [-0.1, -0.05) is 74.5 Å². The molecule has 0 N–H and O–H groups in total. The first-order chi connectivity index (χ1) is 16.4. The molecule has 0 saturated carbocycles. The minimum absolute atomic E-state index is 0.0174. The van der Waals surface area contributed by atoms with Crippen molar-refractivity contribution < 1.29 is 9.59 Å². The molecule has 0 aliphatic carbocycles. The summed E-state index contributed by atoms with van der Waals surface area (Å²) in [6.07, 6.45) is 1.50. The zero-order valence-corrected chi connectivity index (χ0v) is 21.6. The SMILES string of the molecule is CCC(C(=O)N(CC(=O)N(Cc1ccccc1)Cc1sccc1C)C(C)CC)c1ccccc1. The molecule has 0 fully saturated rings. The Hall–Kier alpha value is -2.92. The van der Waals surface area contributed by atoms with Gasteiger partial charge in [0.05, 0.1) is 12.5 Å². The van der Waals surface area contributed by atoms with Gasteiger partial charge in [-0.3, -0.25) is 9.59 Å². The summed E-state index contributed by atoms with van der Waals surface area (Å²) in [4.78, 5) is 32.3. The van der Waals surface area contributed by atoms with E-state index in [2.05, 4.69) is 25.3 Å². The van der Waals surface area contributed by atoms with Crippen LogP contribution in [0.2, 0.25) is 0 Å². The Balaban J connectivity index is 1.85. The van der Waals surface area contributed by atoms with Crippen molar-refractivity contribution in [3.8, 4) is 0 Å². The Morgan fingerprint density at radius 3 is 2.09 bits per heavy atom. The zero-order valence-electron chi connectivity index (χ0n) is 20.7. The summed E-state index contributed by atoms with van der Waals surface area (Å²) in [5, 5.41) is 2.07. The Bertz CT molecular complexity index is 1050. The van der Waals surface area contributed by atoms with Crippen LogP contribution in [0.4, 0.5) is 0 Å². The van der Waals surface area contributed by atoms with Crippen LogP contribution in [-0.4, -0.2) is 34.2 Å². The van der Waals surface area contributed by atoms with Gasteiger partial charge in [0.1, 0.15) is 6.54 Å². The van der Waals surface area contributed by atoms with Gasteiger partial charge >= 0.3 is 0 Å². The van der Waals surface area contributed by atoms with E-state index in [-0.39, 0.29) is 30.3 Å². The van der Waals surface area contributed by atoms with E-state index < -0.39 is 0 Å². The second-order valence-electron chi connectivity index (χ2n) is 8.86. The maximum atomic E-state index is 13.7. The Kier molecular flexibility index (Phi) is 9.46. The smallest absolute Gasteiger partial charge is 0.242 e. The maximum absolute atomic E-state index is 13.7. The van der Waals surface area contributed by atoms with Crippen LogP contribution in [0.1, 0.15) is 61.1 Å². The summed E-state index contributed by atoms with van der Waals surface area (Å²) in [6.45, 7) is 9.38. The van der Waals surface area contributed by atoms with Crippen LogP contribution < -0.4 is 0 Å². The minimum atomic E-state index is -0.245. The van der Waals surface area contributed by atoms with Gasteiger partial charge in [-0.05, 0) is 54.8 Å². The third-order valence-electron chi connectivity index (χ3n) is 6.49. The molecule has 1 heterocycles. The fourth-order valence-electron chi connectivity index (χ4n) is 4.13. The second kappa shape index (κ2) is 12.5. The van der Waals surface area contributed by atoms with Crippen LogP contribution >= 0.6 is 11.3 Å². The van der Waals surface area contributed by atoms with Crippen molar-refractivity contribution in [1.29, 1.82) is 0 Å². The number of aryl methyl sites for hydroxylation is 1. The van der Waals surface area contributed by atoms with Crippen molar-refractivity contribution in [1.82, 2.24) is 9.80 Å². The Morgan fingerprint density at radius 2 is 1.53 bits per heavy atom. The summed E-state index contributed by atoms with van der Waals surface area (Å²) in [7, 11) is 0. The van der Waals surface area contributed by atoms with Gasteiger partial charge in [-0.25, -0.2) is 0 Å². The normalized spacial score (nSPS) is 12.7. The quantitative estimate of drug-likeness (QED) is 0.321. The summed E-state index contributed by atoms with van der Waals surface area (Å²) >= 11 is 1.67. The maximum Gasteiger partial charge on any atom is 0.242 e. The monoisotopic (exact) mass is 476 g/mol. The number of amides is 2. The Labute approximate surface area is 208 Å². The molecule has 0 saturated heterocycles. The summed E-state index contributed by atoms with van der Waals surface area (Å²) in [6, 6.07) is 22.0. The molecule has 2 aromatic carbocycles. The molecule has 34 heavy (non-hydrogen) atoms. The number of carbonyl (C=O) groups excluding carboxylic acids is 2. The molecular weight excluding hydrogens is 440 g/mol. The lowest BCUT2D eigenvalue weighted by molar-refractivity contribution is -0.144. The van der Waals surface area contributed by atoms with Crippen molar-refractivity contribution in [2.45, 2.75) is 65.6 Å². The van der Waals surface area contributed by atoms with Gasteiger partial charge < -0.3 is 9.80 Å². The first-order valence-corrected chi connectivity index (χ1v) is 13.0. The van der Waals surface area contributed by atoms with E-state index in [1.54, 1.807) is 16.2 Å². The van der Waals surface area contributed by atoms with E-state index in [1.807, 2.05) is 79.4 Å². The highest BCUT2D eigenvalue weighted by Gasteiger charge is 2.30. The van der Waals surface area contributed by atoms with Crippen molar-refractivity contribution in [2.24, 2.45) is 0 Å². The molecule has 3 rings (SSSR count). The standard InChI is InChI=1S/C29H36N2O2S/c1-5-23(4)31(29(33)26(6-2)25-15-11-8-12-16-25)21-28(32)30(19-24-13-9-7-10-14-24)20-27-22(3)17-18-34-27/h7-18,23,26H,5-6,19-21H2,1-4H3. The van der Waals surface area contributed by atoms with Gasteiger partial charge in [0.25, 0.3) is 0 Å². The minimum Gasteiger partial charge on any atom is -0.332 e. The lowest BCUT2D eigenvalue weighted by Gasteiger charge is -2.33. The van der Waals surface area contributed by atoms with Crippen molar-refractivity contribution in [3.05, 3.63) is 93.7 Å². The van der Waals surface area contributed by atoms with Gasteiger partial charge in [0, 0.05) is 17.5 Å². The molecule has 5 heteroatoms. The van der Waals surface area contributed by atoms with E-state index in [0.29, 0.717) is 19.5 Å².